The Hall–Kier alpha value is -1.65. The van der Waals surface area contributed by atoms with Crippen LogP contribution in [0, 0.1) is 12.8 Å². The highest BCUT2D eigenvalue weighted by Gasteiger charge is 2.38. The number of amides is 1. The van der Waals surface area contributed by atoms with E-state index in [1.807, 2.05) is 4.90 Å². The Morgan fingerprint density at radius 2 is 2.10 bits per heavy atom. The number of hydrogen-bond donors (Lipinski definition) is 0. The van der Waals surface area contributed by atoms with Crippen molar-refractivity contribution in [1.29, 1.82) is 0 Å². The topological polar surface area (TPSA) is 63.4 Å². The highest BCUT2D eigenvalue weighted by atomic mass is 16.5. The zero-order valence-electron chi connectivity index (χ0n) is 12.5. The van der Waals surface area contributed by atoms with E-state index in [2.05, 4.69) is 5.16 Å². The molecule has 2 aliphatic rings. The molecule has 0 radical (unpaired) electrons. The summed E-state index contributed by atoms with van der Waals surface area (Å²) in [7, 11) is 0. The average Bonchev–Trinajstić information content (AvgIpc) is 2.94. The molecule has 2 fully saturated rings. The van der Waals surface area contributed by atoms with E-state index in [0.717, 1.165) is 38.5 Å². The summed E-state index contributed by atoms with van der Waals surface area (Å²) in [6, 6.07) is 1.72. The van der Waals surface area contributed by atoms with Crippen LogP contribution in [0.1, 0.15) is 61.2 Å². The molecule has 1 saturated heterocycles. The van der Waals surface area contributed by atoms with Gasteiger partial charge >= 0.3 is 0 Å². The maximum atomic E-state index is 12.7. The molecule has 21 heavy (non-hydrogen) atoms. The second kappa shape index (κ2) is 6.00. The minimum atomic E-state index is -0.112. The van der Waals surface area contributed by atoms with Gasteiger partial charge in [-0.15, -0.1) is 0 Å². The van der Waals surface area contributed by atoms with Crippen molar-refractivity contribution in [2.24, 2.45) is 5.92 Å². The highest BCUT2D eigenvalue weighted by Crippen LogP contribution is 2.32. The number of carbonyl (C=O) groups is 2. The van der Waals surface area contributed by atoms with Crippen molar-refractivity contribution < 1.29 is 14.1 Å². The molecule has 0 N–H and O–H groups in total. The summed E-state index contributed by atoms with van der Waals surface area (Å²) in [5, 5.41) is 3.80. The number of hydrogen-bond acceptors (Lipinski definition) is 4. The fourth-order valence-electron chi connectivity index (χ4n) is 3.65. The van der Waals surface area contributed by atoms with Crippen LogP contribution < -0.4 is 0 Å². The lowest BCUT2D eigenvalue weighted by Crippen LogP contribution is -2.50. The molecule has 5 nitrogen and oxygen atoms in total. The average molecular weight is 290 g/mol. The van der Waals surface area contributed by atoms with Crippen LogP contribution in [0.25, 0.3) is 0 Å². The molecule has 1 aromatic heterocycles. The molecule has 5 heteroatoms. The van der Waals surface area contributed by atoms with Crippen LogP contribution in [0.4, 0.5) is 0 Å². The van der Waals surface area contributed by atoms with Crippen molar-refractivity contribution in [3.8, 4) is 0 Å². The van der Waals surface area contributed by atoms with Gasteiger partial charge in [-0.3, -0.25) is 9.59 Å². The summed E-state index contributed by atoms with van der Waals surface area (Å²) in [4.78, 5) is 26.7. The second-order valence-electron chi connectivity index (χ2n) is 6.21. The van der Waals surface area contributed by atoms with E-state index in [0.29, 0.717) is 30.2 Å². The Bertz CT molecular complexity index is 537. The molecular weight excluding hydrogens is 268 g/mol. The van der Waals surface area contributed by atoms with Crippen LogP contribution in [-0.2, 0) is 4.79 Å². The number of nitrogens with zero attached hydrogens (tertiary/aromatic N) is 2. The minimum absolute atomic E-state index is 0.0204. The predicted octanol–water partition coefficient (Wildman–Crippen LogP) is 2.74. The lowest BCUT2D eigenvalue weighted by atomic mass is 9.79. The van der Waals surface area contributed by atoms with Gasteiger partial charge in [0.15, 0.2) is 0 Å². The number of carbonyl (C=O) groups excluding carboxylic acids is 2. The minimum Gasteiger partial charge on any atom is -0.351 e. The number of aryl methyl sites for hydroxylation is 1. The Morgan fingerprint density at radius 3 is 2.81 bits per heavy atom. The quantitative estimate of drug-likeness (QED) is 0.840. The lowest BCUT2D eigenvalue weighted by Gasteiger charge is -2.40. The summed E-state index contributed by atoms with van der Waals surface area (Å²) in [6.07, 6.45) is 6.69. The molecule has 2 atom stereocenters. The van der Waals surface area contributed by atoms with Crippen LogP contribution >= 0.6 is 0 Å². The Labute approximate surface area is 124 Å². The SMILES string of the molecule is Cc1cc(C(=O)N2CCCCC2C2CCCCC2=O)on1. The molecule has 1 amide bonds. The standard InChI is InChI=1S/C16H22N2O3/c1-11-10-15(21-17-11)16(20)18-9-5-4-7-13(18)12-6-2-3-8-14(12)19/h10,12-13H,2-9H2,1H3. The first kappa shape index (κ1) is 14.3. The molecule has 1 aliphatic carbocycles. The van der Waals surface area contributed by atoms with Crippen molar-refractivity contribution in [3.05, 3.63) is 17.5 Å². The van der Waals surface area contributed by atoms with Gasteiger partial charge in [0, 0.05) is 31.0 Å². The second-order valence-corrected chi connectivity index (χ2v) is 6.21. The molecule has 114 valence electrons. The third-order valence-corrected chi connectivity index (χ3v) is 4.72. The van der Waals surface area contributed by atoms with Crippen LogP contribution in [0.5, 0.6) is 0 Å². The normalized spacial score (nSPS) is 26.9. The van der Waals surface area contributed by atoms with E-state index in [1.54, 1.807) is 13.0 Å². The van der Waals surface area contributed by atoms with E-state index < -0.39 is 0 Å². The van der Waals surface area contributed by atoms with E-state index in [9.17, 15) is 9.59 Å². The molecule has 1 aromatic rings. The first-order chi connectivity index (χ1) is 10.2. The first-order valence-corrected chi connectivity index (χ1v) is 7.94. The monoisotopic (exact) mass is 290 g/mol. The van der Waals surface area contributed by atoms with Gasteiger partial charge in [0.25, 0.3) is 5.91 Å². The fraction of sp³-hybridized carbons (Fsp3) is 0.688. The summed E-state index contributed by atoms with van der Waals surface area (Å²) < 4.78 is 5.12. The van der Waals surface area contributed by atoms with Gasteiger partial charge in [0.2, 0.25) is 5.76 Å². The predicted molar refractivity (Wildman–Crippen MR) is 76.9 cm³/mol. The molecule has 0 spiro atoms. The van der Waals surface area contributed by atoms with Gasteiger partial charge in [0.05, 0.1) is 5.69 Å². The van der Waals surface area contributed by atoms with Gasteiger partial charge < -0.3 is 9.42 Å². The van der Waals surface area contributed by atoms with Crippen molar-refractivity contribution >= 4 is 11.7 Å². The molecule has 2 unspecified atom stereocenters. The lowest BCUT2D eigenvalue weighted by molar-refractivity contribution is -0.127. The van der Waals surface area contributed by atoms with E-state index >= 15 is 0 Å². The zero-order valence-corrected chi connectivity index (χ0v) is 12.5. The third kappa shape index (κ3) is 2.87. The van der Waals surface area contributed by atoms with Crippen LogP contribution in [0.3, 0.4) is 0 Å². The number of Topliss-reactive ketones (excluding diaryl/α,β-unsaturated/α-hetero) is 1. The van der Waals surface area contributed by atoms with Crippen molar-refractivity contribution in [2.75, 3.05) is 6.54 Å². The maximum absolute atomic E-state index is 12.7. The summed E-state index contributed by atoms with van der Waals surface area (Å²) in [5.74, 6) is 0.535. The van der Waals surface area contributed by atoms with E-state index in [4.69, 9.17) is 4.52 Å². The van der Waals surface area contributed by atoms with E-state index in [-0.39, 0.29) is 17.9 Å². The Morgan fingerprint density at radius 1 is 1.29 bits per heavy atom. The number of aromatic nitrogens is 1. The number of ketones is 1. The van der Waals surface area contributed by atoms with Crippen LogP contribution in [0.15, 0.2) is 10.6 Å². The van der Waals surface area contributed by atoms with Gasteiger partial charge in [-0.25, -0.2) is 0 Å². The van der Waals surface area contributed by atoms with Gasteiger partial charge in [-0.1, -0.05) is 11.6 Å². The zero-order chi connectivity index (χ0) is 14.8. The molecule has 0 aromatic carbocycles. The highest BCUT2D eigenvalue weighted by molar-refractivity contribution is 5.92. The van der Waals surface area contributed by atoms with Gasteiger partial charge in [-0.2, -0.15) is 0 Å². The molecule has 1 saturated carbocycles. The van der Waals surface area contributed by atoms with Crippen molar-refractivity contribution in [1.82, 2.24) is 10.1 Å². The van der Waals surface area contributed by atoms with Crippen LogP contribution in [0.2, 0.25) is 0 Å². The summed E-state index contributed by atoms with van der Waals surface area (Å²) in [5.41, 5.74) is 0.709. The molecule has 3 rings (SSSR count). The largest absolute Gasteiger partial charge is 0.351 e. The van der Waals surface area contributed by atoms with Crippen molar-refractivity contribution in [2.45, 2.75) is 57.9 Å². The number of likely N-dealkylation sites (tertiary alicyclic amines) is 1. The molecule has 2 heterocycles. The molecular formula is C16H22N2O3. The third-order valence-electron chi connectivity index (χ3n) is 4.72. The summed E-state index contributed by atoms with van der Waals surface area (Å²) in [6.45, 7) is 2.52. The first-order valence-electron chi connectivity index (χ1n) is 7.94. The molecule has 0 bridgehead atoms. The fourth-order valence-corrected chi connectivity index (χ4v) is 3.65. The smallest absolute Gasteiger partial charge is 0.292 e. The van der Waals surface area contributed by atoms with Gasteiger partial charge in [0.1, 0.15) is 5.78 Å². The van der Waals surface area contributed by atoms with Crippen molar-refractivity contribution in [3.63, 3.8) is 0 Å². The summed E-state index contributed by atoms with van der Waals surface area (Å²) >= 11 is 0. The maximum Gasteiger partial charge on any atom is 0.292 e. The number of piperidine rings is 1. The molecule has 1 aliphatic heterocycles. The Kier molecular flexibility index (Phi) is 4.08. The van der Waals surface area contributed by atoms with Crippen LogP contribution in [-0.4, -0.2) is 34.3 Å². The number of rotatable bonds is 2. The van der Waals surface area contributed by atoms with E-state index in [1.165, 1.54) is 0 Å². The van der Waals surface area contributed by atoms with Gasteiger partial charge in [-0.05, 0) is 39.0 Å². The Balaban J connectivity index is 1.80.